The van der Waals surface area contributed by atoms with Crippen molar-refractivity contribution in [2.45, 2.75) is 18.9 Å². The number of nitrogens with one attached hydrogen (secondary N) is 2. The number of amides is 1. The first-order valence-electron chi connectivity index (χ1n) is 5.60. The maximum atomic E-state index is 11.5. The average Bonchev–Trinajstić information content (AvgIpc) is 2.77. The number of carbonyl (C=O) groups is 1. The van der Waals surface area contributed by atoms with Gasteiger partial charge in [0.1, 0.15) is 0 Å². The summed E-state index contributed by atoms with van der Waals surface area (Å²) in [7, 11) is -3.57. The van der Waals surface area contributed by atoms with E-state index in [9.17, 15) is 13.2 Å². The zero-order valence-corrected chi connectivity index (χ0v) is 10.8. The second-order valence-corrected chi connectivity index (χ2v) is 6.02. The van der Waals surface area contributed by atoms with E-state index >= 15 is 0 Å². The summed E-state index contributed by atoms with van der Waals surface area (Å²) in [6.45, 7) is 1.80. The predicted molar refractivity (Wildman–Crippen MR) is 63.5 cm³/mol. The largest absolute Gasteiger partial charge is 0.317 e. The lowest BCUT2D eigenvalue weighted by Crippen LogP contribution is -2.30. The van der Waals surface area contributed by atoms with Crippen LogP contribution in [0, 0.1) is 0 Å². The first-order valence-corrected chi connectivity index (χ1v) is 7.49. The molecular weight excluding hydrogens is 258 g/mol. The molecule has 18 heavy (non-hydrogen) atoms. The van der Waals surface area contributed by atoms with Gasteiger partial charge in [-0.15, -0.1) is 5.10 Å². The van der Waals surface area contributed by atoms with Crippen molar-refractivity contribution in [3.05, 3.63) is 11.9 Å². The lowest BCUT2D eigenvalue weighted by Gasteiger charge is -2.21. The molecule has 1 aromatic rings. The third kappa shape index (κ3) is 3.26. The van der Waals surface area contributed by atoms with Gasteiger partial charge < -0.3 is 5.32 Å². The van der Waals surface area contributed by atoms with Crippen LogP contribution in [-0.2, 0) is 10.0 Å². The molecule has 1 fully saturated rings. The quantitative estimate of drug-likeness (QED) is 0.723. The van der Waals surface area contributed by atoms with Crippen LogP contribution >= 0.6 is 0 Å². The molecule has 1 amide bonds. The highest BCUT2D eigenvalue weighted by molar-refractivity contribution is 7.89. The molecule has 0 aliphatic carbocycles. The van der Waals surface area contributed by atoms with Crippen LogP contribution in [0.15, 0.2) is 6.20 Å². The van der Waals surface area contributed by atoms with Gasteiger partial charge in [-0.05, 0) is 25.9 Å². The van der Waals surface area contributed by atoms with Crippen molar-refractivity contribution in [1.82, 2.24) is 25.0 Å². The number of sulfonamides is 1. The van der Waals surface area contributed by atoms with Crippen LogP contribution in [0.4, 0.5) is 0 Å². The normalized spacial score (nSPS) is 17.6. The molecule has 0 aromatic carbocycles. The van der Waals surface area contributed by atoms with Gasteiger partial charge in [-0.3, -0.25) is 4.79 Å². The molecule has 2 heterocycles. The maximum absolute atomic E-state index is 11.5. The van der Waals surface area contributed by atoms with Gasteiger partial charge in [0, 0.05) is 0 Å². The molecule has 1 aliphatic heterocycles. The van der Waals surface area contributed by atoms with E-state index in [0.717, 1.165) is 32.2 Å². The summed E-state index contributed by atoms with van der Waals surface area (Å²) in [5, 5.41) is 10.8. The molecular formula is C9H15N5O3S. The number of hydrogen-bond acceptors (Lipinski definition) is 6. The van der Waals surface area contributed by atoms with Gasteiger partial charge in [0.25, 0.3) is 5.91 Å². The van der Waals surface area contributed by atoms with Gasteiger partial charge in [0.2, 0.25) is 10.0 Å². The molecule has 1 aliphatic rings. The van der Waals surface area contributed by atoms with Crippen molar-refractivity contribution < 1.29 is 13.2 Å². The van der Waals surface area contributed by atoms with Gasteiger partial charge in [-0.2, -0.15) is 0 Å². The van der Waals surface area contributed by atoms with E-state index in [1.165, 1.54) is 6.20 Å². The van der Waals surface area contributed by atoms with Crippen molar-refractivity contribution in [2.75, 3.05) is 19.3 Å². The zero-order chi connectivity index (χ0) is 13.2. The monoisotopic (exact) mass is 273 g/mol. The van der Waals surface area contributed by atoms with E-state index < -0.39 is 15.9 Å². The number of carbonyl (C=O) groups excluding carboxylic acids is 1. The second-order valence-electron chi connectivity index (χ2n) is 4.27. The molecule has 1 saturated heterocycles. The molecule has 0 unspecified atom stereocenters. The van der Waals surface area contributed by atoms with Crippen molar-refractivity contribution in [3.63, 3.8) is 0 Å². The van der Waals surface area contributed by atoms with E-state index in [-0.39, 0.29) is 11.7 Å². The molecule has 9 heteroatoms. The number of nitrogens with zero attached hydrogens (tertiary/aromatic N) is 3. The molecule has 0 bridgehead atoms. The Labute approximate surface area is 105 Å². The summed E-state index contributed by atoms with van der Waals surface area (Å²) < 4.78 is 25.3. The molecule has 2 rings (SSSR count). The van der Waals surface area contributed by atoms with E-state index in [2.05, 4.69) is 15.6 Å². The predicted octanol–water partition coefficient (Wildman–Crippen LogP) is -1.11. The molecule has 0 spiro atoms. The fourth-order valence-corrected chi connectivity index (χ4v) is 2.29. The highest BCUT2D eigenvalue weighted by Gasteiger charge is 2.19. The molecule has 0 atom stereocenters. The number of hydrogen-bond donors (Lipinski definition) is 2. The number of aromatic nitrogens is 3. The minimum atomic E-state index is -3.57. The highest BCUT2D eigenvalue weighted by atomic mass is 32.2. The lowest BCUT2D eigenvalue weighted by molar-refractivity contribution is 0.0976. The molecule has 100 valence electrons. The summed E-state index contributed by atoms with van der Waals surface area (Å²) in [5.41, 5.74) is 0.0129. The van der Waals surface area contributed by atoms with Crippen LogP contribution < -0.4 is 10.0 Å². The molecule has 0 radical (unpaired) electrons. The molecule has 0 saturated carbocycles. The molecule has 8 nitrogen and oxygen atoms in total. The SMILES string of the molecule is CS(=O)(=O)NC(=O)c1cn(C2CCNCC2)nn1. The first-order chi connectivity index (χ1) is 8.46. The first kappa shape index (κ1) is 13.0. The van der Waals surface area contributed by atoms with Crippen molar-refractivity contribution in [1.29, 1.82) is 0 Å². The van der Waals surface area contributed by atoms with Crippen LogP contribution in [0.5, 0.6) is 0 Å². The highest BCUT2D eigenvalue weighted by Crippen LogP contribution is 2.16. The van der Waals surface area contributed by atoms with Crippen molar-refractivity contribution >= 4 is 15.9 Å². The van der Waals surface area contributed by atoms with Gasteiger partial charge in [-0.25, -0.2) is 17.8 Å². The molecule has 2 N–H and O–H groups in total. The lowest BCUT2D eigenvalue weighted by atomic mass is 10.1. The Bertz CT molecular complexity index is 532. The minimum absolute atomic E-state index is 0.0129. The Morgan fingerprint density at radius 1 is 1.50 bits per heavy atom. The Morgan fingerprint density at radius 3 is 2.78 bits per heavy atom. The van der Waals surface area contributed by atoms with Gasteiger partial charge in [0.05, 0.1) is 18.5 Å². The van der Waals surface area contributed by atoms with Crippen molar-refractivity contribution in [2.24, 2.45) is 0 Å². The van der Waals surface area contributed by atoms with Crippen molar-refractivity contribution in [3.8, 4) is 0 Å². The fourth-order valence-electron chi connectivity index (χ4n) is 1.85. The number of rotatable bonds is 3. The summed E-state index contributed by atoms with van der Waals surface area (Å²) >= 11 is 0. The van der Waals surface area contributed by atoms with E-state index in [1.807, 2.05) is 4.72 Å². The summed E-state index contributed by atoms with van der Waals surface area (Å²) in [6.07, 6.45) is 4.23. The second kappa shape index (κ2) is 5.02. The van der Waals surface area contributed by atoms with E-state index in [0.29, 0.717) is 0 Å². The molecule has 1 aromatic heterocycles. The van der Waals surface area contributed by atoms with E-state index in [4.69, 9.17) is 0 Å². The summed E-state index contributed by atoms with van der Waals surface area (Å²) in [5.74, 6) is -0.752. The summed E-state index contributed by atoms with van der Waals surface area (Å²) in [6, 6.07) is 0.207. The summed E-state index contributed by atoms with van der Waals surface area (Å²) in [4.78, 5) is 11.5. The van der Waals surface area contributed by atoms with Crippen LogP contribution in [-0.4, -0.2) is 48.7 Å². The smallest absolute Gasteiger partial charge is 0.286 e. The van der Waals surface area contributed by atoms with Crippen LogP contribution in [0.3, 0.4) is 0 Å². The third-order valence-corrected chi connectivity index (χ3v) is 3.26. The van der Waals surface area contributed by atoms with Gasteiger partial charge in [-0.1, -0.05) is 5.21 Å². The Hall–Kier alpha value is -1.48. The van der Waals surface area contributed by atoms with Crippen LogP contribution in [0.25, 0.3) is 0 Å². The Balaban J connectivity index is 2.07. The zero-order valence-electron chi connectivity index (χ0n) is 9.96. The fraction of sp³-hybridized carbons (Fsp3) is 0.667. The van der Waals surface area contributed by atoms with Gasteiger partial charge >= 0.3 is 0 Å². The Kier molecular flexibility index (Phi) is 3.62. The third-order valence-electron chi connectivity index (χ3n) is 2.70. The van der Waals surface area contributed by atoms with Gasteiger partial charge in [0.15, 0.2) is 5.69 Å². The van der Waals surface area contributed by atoms with Crippen LogP contribution in [0.2, 0.25) is 0 Å². The van der Waals surface area contributed by atoms with Crippen LogP contribution in [0.1, 0.15) is 29.4 Å². The Morgan fingerprint density at radius 2 is 2.17 bits per heavy atom. The van der Waals surface area contributed by atoms with E-state index in [1.54, 1.807) is 4.68 Å². The topological polar surface area (TPSA) is 106 Å². The minimum Gasteiger partial charge on any atom is -0.317 e. The standard InChI is InChI=1S/C9H15N5O3S/c1-18(16,17)12-9(15)8-6-14(13-11-8)7-2-4-10-5-3-7/h6-7,10H,2-5H2,1H3,(H,12,15). The number of piperidine rings is 1. The maximum Gasteiger partial charge on any atom is 0.286 e. The average molecular weight is 273 g/mol.